The largest absolute Gasteiger partial charge is 0.637 e. The first kappa shape index (κ1) is 22.0. The second-order valence-electron chi connectivity index (χ2n) is 7.76. The highest BCUT2D eigenvalue weighted by atomic mass is 16.7. The van der Waals surface area contributed by atoms with Crippen molar-refractivity contribution in [3.05, 3.63) is 144 Å². The van der Waals surface area contributed by atoms with Gasteiger partial charge in [-0.25, -0.2) is 0 Å². The lowest BCUT2D eigenvalue weighted by molar-refractivity contribution is 0.0530. The molecule has 0 fully saturated rings. The first-order valence-corrected chi connectivity index (χ1v) is 10.9. The second-order valence-corrected chi connectivity index (χ2v) is 7.76. The third-order valence-corrected chi connectivity index (χ3v) is 5.43. The fourth-order valence-electron chi connectivity index (χ4n) is 3.79. The summed E-state index contributed by atoms with van der Waals surface area (Å²) >= 11 is 0. The molecule has 0 spiro atoms. The summed E-state index contributed by atoms with van der Waals surface area (Å²) in [5.41, 5.74) is 4.27. The van der Waals surface area contributed by atoms with Crippen molar-refractivity contribution in [2.45, 2.75) is 25.0 Å². The molecule has 0 aliphatic rings. The van der Waals surface area contributed by atoms with Crippen LogP contribution < -0.4 is 0 Å². The standard InChI is InChI=1S/C28H27BO3/c30-29(31-27(25-17-9-3-10-18-25)21-23-13-5-1-6-14-23)32-28(26-19-11-4-12-20-26)22-24-15-7-2-8-16-24/h1-20,27-28,30H,21-22H2. The van der Waals surface area contributed by atoms with Crippen molar-refractivity contribution < 1.29 is 14.3 Å². The maximum Gasteiger partial charge on any atom is 0.637 e. The number of hydrogen-bond donors (Lipinski definition) is 1. The lowest BCUT2D eigenvalue weighted by atomic mass is 9.98. The molecule has 0 saturated heterocycles. The fourth-order valence-corrected chi connectivity index (χ4v) is 3.79. The zero-order valence-corrected chi connectivity index (χ0v) is 18.0. The van der Waals surface area contributed by atoms with Crippen molar-refractivity contribution in [2.75, 3.05) is 0 Å². The average molecular weight is 422 g/mol. The first-order chi connectivity index (χ1) is 15.8. The molecule has 4 heteroatoms. The Hall–Kier alpha value is -3.18. The molecule has 2 unspecified atom stereocenters. The fraction of sp³-hybridized carbons (Fsp3) is 0.143. The molecule has 0 aliphatic carbocycles. The maximum atomic E-state index is 10.8. The Labute approximate surface area is 190 Å². The van der Waals surface area contributed by atoms with Crippen molar-refractivity contribution in [1.29, 1.82) is 0 Å². The van der Waals surface area contributed by atoms with E-state index in [0.29, 0.717) is 12.8 Å². The predicted octanol–water partition coefficient (Wildman–Crippen LogP) is 5.96. The van der Waals surface area contributed by atoms with Crippen LogP contribution in [0.5, 0.6) is 0 Å². The number of hydrogen-bond acceptors (Lipinski definition) is 3. The first-order valence-electron chi connectivity index (χ1n) is 10.9. The average Bonchev–Trinajstić information content (AvgIpc) is 2.86. The van der Waals surface area contributed by atoms with Gasteiger partial charge in [-0.2, -0.15) is 0 Å². The zero-order valence-electron chi connectivity index (χ0n) is 18.0. The van der Waals surface area contributed by atoms with Gasteiger partial charge in [0.05, 0.1) is 12.2 Å². The Kier molecular flexibility index (Phi) is 7.88. The highest BCUT2D eigenvalue weighted by Crippen LogP contribution is 2.27. The Bertz CT molecular complexity index is 956. The Morgan fingerprint density at radius 3 is 1.16 bits per heavy atom. The Morgan fingerprint density at radius 1 is 0.500 bits per heavy atom. The Balaban J connectivity index is 1.51. The van der Waals surface area contributed by atoms with Gasteiger partial charge in [-0.3, -0.25) is 0 Å². The molecular formula is C28H27BO3. The quantitative estimate of drug-likeness (QED) is 0.320. The van der Waals surface area contributed by atoms with Crippen LogP contribution in [-0.4, -0.2) is 12.3 Å². The van der Waals surface area contributed by atoms with Gasteiger partial charge in [-0.05, 0) is 22.3 Å². The van der Waals surface area contributed by atoms with E-state index in [0.717, 1.165) is 22.3 Å². The molecule has 2 atom stereocenters. The number of rotatable bonds is 10. The van der Waals surface area contributed by atoms with Crippen LogP contribution in [0.15, 0.2) is 121 Å². The molecule has 4 rings (SSSR count). The van der Waals surface area contributed by atoms with E-state index in [1.165, 1.54) is 0 Å². The maximum absolute atomic E-state index is 10.8. The van der Waals surface area contributed by atoms with E-state index in [2.05, 4.69) is 24.3 Å². The summed E-state index contributed by atoms with van der Waals surface area (Å²) in [6.07, 6.45) is 0.614. The topological polar surface area (TPSA) is 38.7 Å². The molecule has 3 nitrogen and oxygen atoms in total. The van der Waals surface area contributed by atoms with Gasteiger partial charge in [0, 0.05) is 12.8 Å². The minimum atomic E-state index is -1.36. The van der Waals surface area contributed by atoms with Crippen molar-refractivity contribution in [3.63, 3.8) is 0 Å². The summed E-state index contributed by atoms with van der Waals surface area (Å²) in [7, 11) is -1.36. The molecule has 4 aromatic carbocycles. The summed E-state index contributed by atoms with van der Waals surface area (Å²) in [5.74, 6) is 0. The van der Waals surface area contributed by atoms with Crippen LogP contribution in [0.3, 0.4) is 0 Å². The van der Waals surface area contributed by atoms with Crippen LogP contribution in [0.4, 0.5) is 0 Å². The van der Waals surface area contributed by atoms with Crippen molar-refractivity contribution in [1.82, 2.24) is 0 Å². The Morgan fingerprint density at radius 2 is 0.812 bits per heavy atom. The molecule has 0 aromatic heterocycles. The van der Waals surface area contributed by atoms with E-state index >= 15 is 0 Å². The third kappa shape index (κ3) is 6.41. The number of benzene rings is 4. The summed E-state index contributed by atoms with van der Waals surface area (Å²) in [6.45, 7) is 0. The predicted molar refractivity (Wildman–Crippen MR) is 129 cm³/mol. The van der Waals surface area contributed by atoms with E-state index < -0.39 is 7.32 Å². The van der Waals surface area contributed by atoms with Gasteiger partial charge in [-0.15, -0.1) is 0 Å². The monoisotopic (exact) mass is 422 g/mol. The minimum Gasteiger partial charge on any atom is -0.402 e. The highest BCUT2D eigenvalue weighted by Gasteiger charge is 2.28. The highest BCUT2D eigenvalue weighted by molar-refractivity contribution is 6.34. The zero-order chi connectivity index (χ0) is 22.0. The molecule has 0 radical (unpaired) electrons. The van der Waals surface area contributed by atoms with Crippen LogP contribution in [-0.2, 0) is 22.2 Å². The van der Waals surface area contributed by atoms with Gasteiger partial charge in [0.2, 0.25) is 0 Å². The van der Waals surface area contributed by atoms with Gasteiger partial charge < -0.3 is 14.3 Å². The van der Waals surface area contributed by atoms with Crippen molar-refractivity contribution in [3.8, 4) is 0 Å². The van der Waals surface area contributed by atoms with Crippen molar-refractivity contribution in [2.24, 2.45) is 0 Å². The molecular weight excluding hydrogens is 395 g/mol. The summed E-state index contributed by atoms with van der Waals surface area (Å²) in [6, 6.07) is 40.2. The summed E-state index contributed by atoms with van der Waals surface area (Å²) in [5, 5.41) is 10.8. The third-order valence-electron chi connectivity index (χ3n) is 5.43. The molecule has 4 aromatic rings. The lowest BCUT2D eigenvalue weighted by Gasteiger charge is -2.24. The van der Waals surface area contributed by atoms with Gasteiger partial charge in [-0.1, -0.05) is 121 Å². The van der Waals surface area contributed by atoms with Gasteiger partial charge in [0.15, 0.2) is 0 Å². The molecule has 0 bridgehead atoms. The van der Waals surface area contributed by atoms with Crippen LogP contribution in [0.25, 0.3) is 0 Å². The second kappa shape index (κ2) is 11.4. The molecule has 32 heavy (non-hydrogen) atoms. The van der Waals surface area contributed by atoms with Crippen LogP contribution >= 0.6 is 0 Å². The van der Waals surface area contributed by atoms with Crippen LogP contribution in [0.2, 0.25) is 0 Å². The summed E-state index contributed by atoms with van der Waals surface area (Å²) in [4.78, 5) is 0. The van der Waals surface area contributed by atoms with Crippen LogP contribution in [0, 0.1) is 0 Å². The summed E-state index contributed by atoms with van der Waals surface area (Å²) < 4.78 is 12.1. The van der Waals surface area contributed by atoms with Gasteiger partial charge in [0.1, 0.15) is 0 Å². The molecule has 0 heterocycles. The van der Waals surface area contributed by atoms with E-state index in [1.54, 1.807) is 0 Å². The van der Waals surface area contributed by atoms with Crippen LogP contribution in [0.1, 0.15) is 34.5 Å². The lowest BCUT2D eigenvalue weighted by Crippen LogP contribution is -2.29. The SMILES string of the molecule is OB(OC(Cc1ccccc1)c1ccccc1)OC(Cc1ccccc1)c1ccccc1. The van der Waals surface area contributed by atoms with Crippen molar-refractivity contribution >= 4 is 7.32 Å². The minimum absolute atomic E-state index is 0.332. The molecule has 0 aliphatic heterocycles. The normalized spacial score (nSPS) is 12.8. The molecule has 0 amide bonds. The molecule has 0 saturated carbocycles. The van der Waals surface area contributed by atoms with E-state index in [-0.39, 0.29) is 12.2 Å². The van der Waals surface area contributed by atoms with Gasteiger partial charge >= 0.3 is 7.32 Å². The molecule has 160 valence electrons. The van der Waals surface area contributed by atoms with E-state index in [4.69, 9.17) is 9.31 Å². The smallest absolute Gasteiger partial charge is 0.402 e. The molecule has 1 N–H and O–H groups in total. The van der Waals surface area contributed by atoms with E-state index in [9.17, 15) is 5.02 Å². The van der Waals surface area contributed by atoms with E-state index in [1.807, 2.05) is 97.1 Å². The van der Waals surface area contributed by atoms with Gasteiger partial charge in [0.25, 0.3) is 0 Å².